The van der Waals surface area contributed by atoms with Crippen molar-refractivity contribution in [2.45, 2.75) is 45.6 Å². The second kappa shape index (κ2) is 7.31. The number of carboxylic acid groups (broad SMARTS) is 1. The van der Waals surface area contributed by atoms with E-state index in [0.29, 0.717) is 23.6 Å². The zero-order chi connectivity index (χ0) is 16.0. The van der Waals surface area contributed by atoms with Crippen LogP contribution >= 0.6 is 11.6 Å². The molecule has 0 aliphatic heterocycles. The predicted octanol–water partition coefficient (Wildman–Crippen LogP) is 4.09. The van der Waals surface area contributed by atoms with Crippen LogP contribution in [0, 0.1) is 0 Å². The molecule has 2 N–H and O–H groups in total. The fourth-order valence-corrected chi connectivity index (χ4v) is 1.92. The van der Waals surface area contributed by atoms with E-state index in [1.807, 2.05) is 0 Å². The highest BCUT2D eigenvalue weighted by Gasteiger charge is 2.17. The van der Waals surface area contributed by atoms with Crippen LogP contribution in [0.3, 0.4) is 0 Å². The monoisotopic (exact) mass is 313 g/mol. The molecule has 0 fully saturated rings. The number of benzene rings is 1. The van der Waals surface area contributed by atoms with Crippen LogP contribution in [0.5, 0.6) is 0 Å². The largest absolute Gasteiger partial charge is 0.481 e. The van der Waals surface area contributed by atoms with Crippen molar-refractivity contribution in [3.8, 4) is 0 Å². The average Bonchev–Trinajstić information content (AvgIpc) is 2.29. The summed E-state index contributed by atoms with van der Waals surface area (Å²) in [6.45, 7) is 5.33. The van der Waals surface area contributed by atoms with Crippen molar-refractivity contribution in [3.05, 3.63) is 28.8 Å². The molecule has 0 aromatic heterocycles. The first kappa shape index (κ1) is 17.3. The van der Waals surface area contributed by atoms with Gasteiger partial charge in [0, 0.05) is 6.42 Å². The normalized spacial score (nSPS) is 11.0. The highest BCUT2D eigenvalue weighted by molar-refractivity contribution is 6.33. The summed E-state index contributed by atoms with van der Waals surface area (Å²) in [6.07, 6.45) is 0.724. The summed E-state index contributed by atoms with van der Waals surface area (Å²) in [5.41, 5.74) is 0.816. The Labute approximate surface area is 129 Å². The topological polar surface area (TPSA) is 75.6 Å². The second-order valence-electron chi connectivity index (χ2n) is 5.69. The van der Waals surface area contributed by atoms with Crippen LogP contribution in [0.2, 0.25) is 5.02 Å². The highest BCUT2D eigenvalue weighted by Crippen LogP contribution is 2.24. The maximum atomic E-state index is 11.7. The summed E-state index contributed by atoms with van der Waals surface area (Å²) in [7, 11) is 0. The smallest absolute Gasteiger partial charge is 0.412 e. The van der Waals surface area contributed by atoms with Gasteiger partial charge in [0.15, 0.2) is 0 Å². The highest BCUT2D eigenvalue weighted by atomic mass is 35.5. The predicted molar refractivity (Wildman–Crippen MR) is 81.9 cm³/mol. The van der Waals surface area contributed by atoms with E-state index in [2.05, 4.69) is 5.32 Å². The van der Waals surface area contributed by atoms with Gasteiger partial charge in [0.25, 0.3) is 0 Å². The van der Waals surface area contributed by atoms with Crippen LogP contribution in [0.25, 0.3) is 0 Å². The first-order chi connectivity index (χ1) is 9.67. The lowest BCUT2D eigenvalue weighted by atomic mass is 10.1. The third-order valence-electron chi connectivity index (χ3n) is 2.53. The summed E-state index contributed by atoms with van der Waals surface area (Å²) < 4.78 is 5.14. The van der Waals surface area contributed by atoms with Crippen LogP contribution in [-0.4, -0.2) is 22.8 Å². The Morgan fingerprint density at radius 1 is 1.33 bits per heavy atom. The molecule has 0 saturated carbocycles. The minimum absolute atomic E-state index is 0.121. The maximum Gasteiger partial charge on any atom is 0.412 e. The number of rotatable bonds is 5. The third-order valence-corrected chi connectivity index (χ3v) is 2.84. The molecule has 1 aromatic carbocycles. The van der Waals surface area contributed by atoms with E-state index in [1.54, 1.807) is 39.0 Å². The lowest BCUT2D eigenvalue weighted by molar-refractivity contribution is -0.137. The summed E-state index contributed by atoms with van der Waals surface area (Å²) in [5.74, 6) is -0.815. The van der Waals surface area contributed by atoms with Gasteiger partial charge in [0.1, 0.15) is 5.60 Å². The molecule has 0 aliphatic carbocycles. The van der Waals surface area contributed by atoms with E-state index < -0.39 is 17.7 Å². The Balaban J connectivity index is 2.61. The van der Waals surface area contributed by atoms with Gasteiger partial charge in [-0.15, -0.1) is 0 Å². The van der Waals surface area contributed by atoms with Crippen LogP contribution in [0.15, 0.2) is 18.2 Å². The Kier molecular flexibility index (Phi) is 6.03. The number of hydrogen-bond donors (Lipinski definition) is 2. The number of aliphatic carboxylic acids is 1. The van der Waals surface area contributed by atoms with Crippen molar-refractivity contribution in [1.82, 2.24) is 0 Å². The molecule has 1 rings (SSSR count). The summed E-state index contributed by atoms with van der Waals surface area (Å²) >= 11 is 6.10. The second-order valence-corrected chi connectivity index (χ2v) is 6.10. The van der Waals surface area contributed by atoms with Gasteiger partial charge in [-0.25, -0.2) is 4.79 Å². The average molecular weight is 314 g/mol. The van der Waals surface area contributed by atoms with E-state index in [0.717, 1.165) is 5.56 Å². The molecule has 0 spiro atoms. The summed E-state index contributed by atoms with van der Waals surface area (Å²) in [6, 6.07) is 5.21. The molecular weight excluding hydrogens is 294 g/mol. The van der Waals surface area contributed by atoms with E-state index in [9.17, 15) is 9.59 Å². The van der Waals surface area contributed by atoms with Gasteiger partial charge in [-0.05, 0) is 51.3 Å². The fraction of sp³-hybridized carbons (Fsp3) is 0.467. The number of amides is 1. The molecule has 0 saturated heterocycles. The van der Waals surface area contributed by atoms with Crippen molar-refractivity contribution < 1.29 is 19.4 Å². The van der Waals surface area contributed by atoms with Gasteiger partial charge in [0.2, 0.25) is 0 Å². The van der Waals surface area contributed by atoms with E-state index in [1.165, 1.54) is 0 Å². The molecule has 21 heavy (non-hydrogen) atoms. The van der Waals surface area contributed by atoms with Gasteiger partial charge in [0.05, 0.1) is 10.7 Å². The molecule has 0 unspecified atom stereocenters. The van der Waals surface area contributed by atoms with Crippen LogP contribution in [-0.2, 0) is 16.0 Å². The maximum absolute atomic E-state index is 11.7. The van der Waals surface area contributed by atoms with Crippen molar-refractivity contribution in [1.29, 1.82) is 0 Å². The minimum Gasteiger partial charge on any atom is -0.481 e. The Bertz CT molecular complexity index is 523. The Hall–Kier alpha value is -1.75. The Morgan fingerprint density at radius 3 is 2.52 bits per heavy atom. The summed E-state index contributed by atoms with van der Waals surface area (Å²) in [4.78, 5) is 22.1. The first-order valence-electron chi connectivity index (χ1n) is 6.67. The molecule has 6 heteroatoms. The molecular formula is C15H20ClNO4. The van der Waals surface area contributed by atoms with E-state index in [-0.39, 0.29) is 6.42 Å². The molecule has 0 atom stereocenters. The molecule has 116 valence electrons. The Morgan fingerprint density at radius 2 is 2.00 bits per heavy atom. The van der Waals surface area contributed by atoms with Crippen LogP contribution in [0.4, 0.5) is 10.5 Å². The summed E-state index contributed by atoms with van der Waals surface area (Å²) in [5, 5.41) is 11.6. The van der Waals surface area contributed by atoms with Crippen molar-refractivity contribution >= 4 is 29.4 Å². The molecule has 5 nitrogen and oxygen atoms in total. The number of carboxylic acids is 1. The van der Waals surface area contributed by atoms with Crippen molar-refractivity contribution in [2.75, 3.05) is 5.32 Å². The van der Waals surface area contributed by atoms with Crippen molar-refractivity contribution in [2.24, 2.45) is 0 Å². The quantitative estimate of drug-likeness (QED) is 0.858. The van der Waals surface area contributed by atoms with Gasteiger partial charge >= 0.3 is 12.1 Å². The lowest BCUT2D eigenvalue weighted by Gasteiger charge is -2.20. The number of aryl methyl sites for hydroxylation is 1. The number of nitrogens with one attached hydrogen (secondary N) is 1. The lowest BCUT2D eigenvalue weighted by Crippen LogP contribution is -2.27. The fourth-order valence-electron chi connectivity index (χ4n) is 1.67. The zero-order valence-corrected chi connectivity index (χ0v) is 13.2. The van der Waals surface area contributed by atoms with E-state index >= 15 is 0 Å². The zero-order valence-electron chi connectivity index (χ0n) is 12.4. The number of halogens is 1. The number of carbonyl (C=O) groups is 2. The number of hydrogen-bond acceptors (Lipinski definition) is 3. The van der Waals surface area contributed by atoms with Gasteiger partial charge in [-0.1, -0.05) is 17.7 Å². The molecule has 0 aliphatic rings. The van der Waals surface area contributed by atoms with Crippen molar-refractivity contribution in [3.63, 3.8) is 0 Å². The van der Waals surface area contributed by atoms with Crippen LogP contribution in [0.1, 0.15) is 39.2 Å². The number of anilines is 1. The SMILES string of the molecule is CC(C)(C)OC(=O)Nc1ccc(CCCC(=O)O)cc1Cl. The first-order valence-corrected chi connectivity index (χ1v) is 7.05. The minimum atomic E-state index is -0.815. The molecule has 0 radical (unpaired) electrons. The molecule has 1 aromatic rings. The van der Waals surface area contributed by atoms with Crippen LogP contribution < -0.4 is 5.32 Å². The number of carbonyl (C=O) groups excluding carboxylic acids is 1. The van der Waals surface area contributed by atoms with Gasteiger partial charge in [-0.3, -0.25) is 10.1 Å². The standard InChI is InChI=1S/C15H20ClNO4/c1-15(2,3)21-14(20)17-12-8-7-10(9-11(12)16)5-4-6-13(18)19/h7-9H,4-6H2,1-3H3,(H,17,20)(H,18,19). The third kappa shape index (κ3) is 6.99. The molecule has 1 amide bonds. The molecule has 0 heterocycles. The molecule has 0 bridgehead atoms. The van der Waals surface area contributed by atoms with Gasteiger partial charge < -0.3 is 9.84 Å². The number of ether oxygens (including phenoxy) is 1. The van der Waals surface area contributed by atoms with Gasteiger partial charge in [-0.2, -0.15) is 0 Å². The van der Waals surface area contributed by atoms with E-state index in [4.69, 9.17) is 21.4 Å².